The van der Waals surface area contributed by atoms with Crippen molar-refractivity contribution < 1.29 is 32.8 Å². The van der Waals surface area contributed by atoms with E-state index in [0.29, 0.717) is 12.8 Å². The van der Waals surface area contributed by atoms with E-state index in [-0.39, 0.29) is 17.3 Å². The normalized spacial score (nSPS) is 19.1. The molecule has 0 bridgehead atoms. The van der Waals surface area contributed by atoms with E-state index in [9.17, 15) is 18.8 Å². The molecule has 7 heteroatoms. The Balaban J connectivity index is 2.05. The van der Waals surface area contributed by atoms with Gasteiger partial charge in [-0.3, -0.25) is 4.79 Å². The maximum Gasteiger partial charge on any atom is 0.147 e. The van der Waals surface area contributed by atoms with Crippen LogP contribution >= 0.6 is 10.3 Å². The summed E-state index contributed by atoms with van der Waals surface area (Å²) in [5.41, 5.74) is 1.72. The van der Waals surface area contributed by atoms with E-state index in [1.165, 1.54) is 0 Å². The van der Waals surface area contributed by atoms with E-state index < -0.39 is 25.8 Å². The molecule has 0 saturated heterocycles. The van der Waals surface area contributed by atoms with Gasteiger partial charge in [0.1, 0.15) is 9.52 Å². The predicted molar refractivity (Wildman–Crippen MR) is 96.2 cm³/mol. The molecule has 3 rings (SSSR count). The number of rotatable bonds is 7. The number of carbonyl (C=O) groups excluding carboxylic acids is 1. The molecular weight excluding hydrogens is 388 g/mol. The summed E-state index contributed by atoms with van der Waals surface area (Å²) < 4.78 is 40.3. The molecule has 0 heterocycles. The Kier molecular flexibility index (Phi) is 6.57. The van der Waals surface area contributed by atoms with Gasteiger partial charge in [0.25, 0.3) is 0 Å². The van der Waals surface area contributed by atoms with Gasteiger partial charge in [-0.1, -0.05) is 67.1 Å². The third-order valence-corrected chi connectivity index (χ3v) is 9.53. The highest BCUT2D eigenvalue weighted by atomic mass is 35.7. The highest BCUT2D eigenvalue weighted by Crippen LogP contribution is 2.62. The van der Waals surface area contributed by atoms with E-state index in [2.05, 4.69) is 0 Å². The number of halogens is 1. The minimum absolute atomic E-state index is 0.00182. The standard InChI is InChI=1S/C20H23ClO5S/c22-19-13-7-8-14-20(19)27(26-21(23,24)25,15-17-9-3-1-4-10-17)16-18-11-5-2-6-12-18/h1-6,9-12,20H,7-8,13-16H2. The molecule has 1 aliphatic carbocycles. The van der Waals surface area contributed by atoms with Gasteiger partial charge in [-0.05, 0) is 24.0 Å². The lowest BCUT2D eigenvalue weighted by Crippen LogP contribution is -2.62. The molecule has 27 heavy (non-hydrogen) atoms. The SMILES string of the molecule is O=C1CCCCC1S(Cc1ccccc1)(Cc1ccccc1)O[Cl+3]([O-])([O-])[O-]. The molecule has 0 radical (unpaired) electrons. The number of benzene rings is 2. The number of carbonyl (C=O) groups is 1. The maximum absolute atomic E-state index is 12.7. The Labute approximate surface area is 163 Å². The van der Waals surface area contributed by atoms with E-state index in [0.717, 1.165) is 24.0 Å². The second kappa shape index (κ2) is 8.73. The molecule has 1 unspecified atom stereocenters. The minimum atomic E-state index is -4.65. The van der Waals surface area contributed by atoms with Gasteiger partial charge in [0, 0.05) is 28.2 Å². The molecule has 1 aliphatic rings. The molecular formula is C20H23ClO5S. The van der Waals surface area contributed by atoms with Crippen molar-refractivity contribution in [3.63, 3.8) is 0 Å². The van der Waals surface area contributed by atoms with Gasteiger partial charge >= 0.3 is 0 Å². The van der Waals surface area contributed by atoms with Gasteiger partial charge in [-0.15, -0.1) is 0 Å². The number of hydrogen-bond donors (Lipinski definition) is 0. The van der Waals surface area contributed by atoms with Gasteiger partial charge in [-0.2, -0.15) is 14.0 Å². The van der Waals surface area contributed by atoms with Crippen LogP contribution in [-0.2, 0) is 20.0 Å². The average molecular weight is 411 g/mol. The first-order valence-corrected chi connectivity index (χ1v) is 12.1. The van der Waals surface area contributed by atoms with Gasteiger partial charge in [0.2, 0.25) is 0 Å². The summed E-state index contributed by atoms with van der Waals surface area (Å²) >= 11 is 0. The van der Waals surface area contributed by atoms with Crippen molar-refractivity contribution >= 4 is 16.1 Å². The summed E-state index contributed by atoms with van der Waals surface area (Å²) in [6, 6.07) is 18.6. The average Bonchev–Trinajstić information content (AvgIpc) is 2.62. The van der Waals surface area contributed by atoms with Crippen molar-refractivity contribution in [2.24, 2.45) is 0 Å². The zero-order valence-electron chi connectivity index (χ0n) is 14.9. The van der Waals surface area contributed by atoms with E-state index in [1.54, 1.807) is 0 Å². The minimum Gasteiger partial charge on any atom is -0.298 e. The lowest BCUT2D eigenvalue weighted by molar-refractivity contribution is -1.91. The third kappa shape index (κ3) is 5.54. The smallest absolute Gasteiger partial charge is 0.147 e. The summed E-state index contributed by atoms with van der Waals surface area (Å²) in [5, 5.41) is -0.553. The lowest BCUT2D eigenvalue weighted by atomic mass is 9.99. The lowest BCUT2D eigenvalue weighted by Gasteiger charge is -2.41. The monoisotopic (exact) mass is 410 g/mol. The Morgan fingerprint density at radius 2 is 1.41 bits per heavy atom. The number of ketones is 1. The highest BCUT2D eigenvalue weighted by Gasteiger charge is 2.50. The molecule has 0 aromatic heterocycles. The van der Waals surface area contributed by atoms with Crippen LogP contribution in [0.1, 0.15) is 36.8 Å². The highest BCUT2D eigenvalue weighted by molar-refractivity contribution is 8.29. The summed E-state index contributed by atoms with van der Waals surface area (Å²) in [4.78, 5) is 12.7. The van der Waals surface area contributed by atoms with Gasteiger partial charge in [0.15, 0.2) is 0 Å². The predicted octanol–water partition coefficient (Wildman–Crippen LogP) is 1.53. The summed E-state index contributed by atoms with van der Waals surface area (Å²) in [6.07, 6.45) is 2.58. The van der Waals surface area contributed by atoms with Crippen molar-refractivity contribution in [3.8, 4) is 0 Å². The van der Waals surface area contributed by atoms with E-state index in [1.807, 2.05) is 60.7 Å². The molecule has 5 nitrogen and oxygen atoms in total. The largest absolute Gasteiger partial charge is 0.298 e. The molecule has 0 amide bonds. The first-order chi connectivity index (χ1) is 12.9. The summed E-state index contributed by atoms with van der Waals surface area (Å²) in [7, 11) is -7.22. The van der Waals surface area contributed by atoms with Crippen LogP contribution in [0.5, 0.6) is 0 Å². The maximum atomic E-state index is 12.7. The van der Waals surface area contributed by atoms with Crippen LogP contribution in [0, 0.1) is 10.2 Å². The van der Waals surface area contributed by atoms with Gasteiger partial charge in [0.05, 0.1) is 15.5 Å². The van der Waals surface area contributed by atoms with Gasteiger partial charge < -0.3 is 0 Å². The Hall–Kier alpha value is -1.41. The topological polar surface area (TPSA) is 95.5 Å². The Morgan fingerprint density at radius 3 is 1.85 bits per heavy atom. The first-order valence-electron chi connectivity index (χ1n) is 8.88. The van der Waals surface area contributed by atoms with Crippen molar-refractivity contribution in [3.05, 3.63) is 71.8 Å². The fourth-order valence-electron chi connectivity index (χ4n) is 3.61. The molecule has 2 aromatic carbocycles. The second-order valence-electron chi connectivity index (χ2n) is 6.77. The van der Waals surface area contributed by atoms with Crippen molar-refractivity contribution in [2.45, 2.75) is 42.4 Å². The van der Waals surface area contributed by atoms with Crippen molar-refractivity contribution in [2.75, 3.05) is 0 Å². The van der Waals surface area contributed by atoms with Crippen LogP contribution in [0.15, 0.2) is 60.7 Å². The van der Waals surface area contributed by atoms with E-state index >= 15 is 0 Å². The Morgan fingerprint density at radius 1 is 0.889 bits per heavy atom. The third-order valence-electron chi connectivity index (χ3n) is 4.73. The molecule has 146 valence electrons. The van der Waals surface area contributed by atoms with Gasteiger partial charge in [-0.25, -0.2) is 0 Å². The van der Waals surface area contributed by atoms with Crippen LogP contribution in [0.3, 0.4) is 0 Å². The first kappa shape index (κ1) is 20.3. The number of Topliss-reactive ketones (excluding diaryl/α,β-unsaturated/α-hetero) is 1. The molecule has 0 aliphatic heterocycles. The zero-order chi connectivity index (χ0) is 19.3. The second-order valence-corrected chi connectivity index (χ2v) is 10.9. The fourth-order valence-corrected chi connectivity index (χ4v) is 8.76. The molecule has 1 saturated carbocycles. The fraction of sp³-hybridized carbons (Fsp3) is 0.350. The van der Waals surface area contributed by atoms with E-state index in [4.69, 9.17) is 3.74 Å². The molecule has 0 spiro atoms. The zero-order valence-corrected chi connectivity index (χ0v) is 16.5. The molecule has 2 aromatic rings. The Bertz CT molecular complexity index is 706. The van der Waals surface area contributed by atoms with Crippen LogP contribution in [-0.4, -0.2) is 11.0 Å². The van der Waals surface area contributed by atoms with Crippen LogP contribution in [0.4, 0.5) is 0 Å². The molecule has 1 fully saturated rings. The molecule has 1 atom stereocenters. The van der Waals surface area contributed by atoms with Crippen molar-refractivity contribution in [1.29, 1.82) is 0 Å². The summed E-state index contributed by atoms with van der Waals surface area (Å²) in [6.45, 7) is 0. The van der Waals surface area contributed by atoms with Crippen LogP contribution in [0.25, 0.3) is 0 Å². The van der Waals surface area contributed by atoms with Crippen molar-refractivity contribution in [1.82, 2.24) is 0 Å². The van der Waals surface area contributed by atoms with Crippen LogP contribution < -0.4 is 14.0 Å². The van der Waals surface area contributed by atoms with Crippen LogP contribution in [0.2, 0.25) is 0 Å². The molecule has 0 N–H and O–H groups in total. The quantitative estimate of drug-likeness (QED) is 0.689. The summed E-state index contributed by atoms with van der Waals surface area (Å²) in [5.74, 6) is 0.517. The number of hydrogen-bond acceptors (Lipinski definition) is 5.